The molecule has 1 fully saturated rings. The van der Waals surface area contributed by atoms with Gasteiger partial charge in [-0.05, 0) is 46.1 Å². The SMILES string of the molecule is OC1(c2ccccc2)CC(c2ccccc2)C(c2ccccc2)C(c2ccccc2)C1c1ccccc1. The fourth-order valence-corrected chi connectivity index (χ4v) is 6.73. The molecular formula is C36H32O. The third kappa shape index (κ3) is 4.41. The summed E-state index contributed by atoms with van der Waals surface area (Å²) in [5.41, 5.74) is 4.97. The Labute approximate surface area is 220 Å². The predicted octanol–water partition coefficient (Wildman–Crippen LogP) is 8.41. The van der Waals surface area contributed by atoms with Gasteiger partial charge in [0, 0.05) is 11.8 Å². The van der Waals surface area contributed by atoms with Crippen LogP contribution in [0.3, 0.4) is 0 Å². The van der Waals surface area contributed by atoms with E-state index in [1.807, 2.05) is 18.2 Å². The van der Waals surface area contributed by atoms with Crippen molar-refractivity contribution in [2.24, 2.45) is 0 Å². The van der Waals surface area contributed by atoms with Gasteiger partial charge >= 0.3 is 0 Å². The molecule has 0 bridgehead atoms. The lowest BCUT2D eigenvalue weighted by molar-refractivity contribution is -0.0457. The van der Waals surface area contributed by atoms with Crippen molar-refractivity contribution in [2.45, 2.75) is 35.7 Å². The zero-order valence-corrected chi connectivity index (χ0v) is 20.9. The molecule has 0 amide bonds. The third-order valence-electron chi connectivity index (χ3n) is 8.25. The van der Waals surface area contributed by atoms with Crippen molar-refractivity contribution in [1.29, 1.82) is 0 Å². The molecule has 1 aliphatic rings. The summed E-state index contributed by atoms with van der Waals surface area (Å²) in [6, 6.07) is 53.5. The molecule has 1 N–H and O–H groups in total. The second-order valence-corrected chi connectivity index (χ2v) is 10.3. The minimum Gasteiger partial charge on any atom is -0.384 e. The average Bonchev–Trinajstić information content (AvgIpc) is 2.99. The molecule has 5 aromatic rings. The molecular weight excluding hydrogens is 448 g/mol. The average molecular weight is 481 g/mol. The summed E-state index contributed by atoms with van der Waals surface area (Å²) in [7, 11) is 0. The summed E-state index contributed by atoms with van der Waals surface area (Å²) in [6.07, 6.45) is 0.642. The number of hydrogen-bond donors (Lipinski definition) is 1. The van der Waals surface area contributed by atoms with Gasteiger partial charge in [0.2, 0.25) is 0 Å². The lowest BCUT2D eigenvalue weighted by atomic mass is 9.52. The van der Waals surface area contributed by atoms with E-state index >= 15 is 0 Å². The van der Waals surface area contributed by atoms with E-state index in [2.05, 4.69) is 133 Å². The second kappa shape index (κ2) is 10.2. The number of benzene rings is 5. The van der Waals surface area contributed by atoms with Crippen molar-refractivity contribution in [2.75, 3.05) is 0 Å². The number of rotatable bonds is 5. The first-order chi connectivity index (χ1) is 18.3. The Kier molecular flexibility index (Phi) is 6.47. The molecule has 0 aliphatic heterocycles. The highest BCUT2D eigenvalue weighted by Crippen LogP contribution is 2.63. The fraction of sp³-hybridized carbons (Fsp3) is 0.167. The van der Waals surface area contributed by atoms with Crippen LogP contribution in [-0.2, 0) is 5.60 Å². The van der Waals surface area contributed by atoms with Gasteiger partial charge < -0.3 is 5.11 Å². The summed E-state index contributed by atoms with van der Waals surface area (Å²) in [5.74, 6) is 0.276. The van der Waals surface area contributed by atoms with Crippen molar-refractivity contribution in [1.82, 2.24) is 0 Å². The van der Waals surface area contributed by atoms with Crippen LogP contribution < -0.4 is 0 Å². The molecule has 0 saturated heterocycles. The van der Waals surface area contributed by atoms with E-state index < -0.39 is 5.60 Å². The standard InChI is InChI=1S/C36H32O/c37-36(31-24-14-5-15-25-31)26-32(27-16-6-1-7-17-27)33(28-18-8-2-9-19-28)34(29-20-10-3-11-21-29)35(36)30-22-12-4-13-23-30/h1-25,32-35,37H,26H2. The minimum atomic E-state index is -1.05. The maximum Gasteiger partial charge on any atom is 0.0976 e. The summed E-state index contributed by atoms with van der Waals surface area (Å²) >= 11 is 0. The molecule has 0 radical (unpaired) electrons. The summed E-state index contributed by atoms with van der Waals surface area (Å²) in [4.78, 5) is 0. The molecule has 37 heavy (non-hydrogen) atoms. The van der Waals surface area contributed by atoms with Gasteiger partial charge in [-0.2, -0.15) is 0 Å². The van der Waals surface area contributed by atoms with E-state index in [4.69, 9.17) is 0 Å². The van der Waals surface area contributed by atoms with E-state index in [-0.39, 0.29) is 23.7 Å². The first-order valence-electron chi connectivity index (χ1n) is 13.2. The van der Waals surface area contributed by atoms with Crippen molar-refractivity contribution >= 4 is 0 Å². The lowest BCUT2D eigenvalue weighted by Crippen LogP contribution is -2.46. The van der Waals surface area contributed by atoms with Crippen LogP contribution in [0.15, 0.2) is 152 Å². The summed E-state index contributed by atoms with van der Waals surface area (Å²) in [5, 5.41) is 13.0. The van der Waals surface area contributed by atoms with Crippen LogP contribution in [0, 0.1) is 0 Å². The Morgan fingerprint density at radius 3 is 1.30 bits per heavy atom. The molecule has 5 unspecified atom stereocenters. The van der Waals surface area contributed by atoms with E-state index in [1.165, 1.54) is 22.3 Å². The lowest BCUT2D eigenvalue weighted by Gasteiger charge is -2.53. The molecule has 0 heterocycles. The molecule has 1 saturated carbocycles. The predicted molar refractivity (Wildman–Crippen MR) is 152 cm³/mol. The van der Waals surface area contributed by atoms with E-state index in [1.54, 1.807) is 0 Å². The van der Waals surface area contributed by atoms with Gasteiger partial charge in [0.1, 0.15) is 0 Å². The quantitative estimate of drug-likeness (QED) is 0.268. The van der Waals surface area contributed by atoms with E-state index in [0.717, 1.165) is 5.56 Å². The van der Waals surface area contributed by atoms with Crippen LogP contribution >= 0.6 is 0 Å². The Bertz CT molecular complexity index is 1400. The normalized spacial score (nSPS) is 25.4. The molecule has 5 aromatic carbocycles. The zero-order valence-electron chi connectivity index (χ0n) is 20.9. The van der Waals surface area contributed by atoms with Crippen LogP contribution in [0.5, 0.6) is 0 Å². The van der Waals surface area contributed by atoms with Gasteiger partial charge in [-0.3, -0.25) is 0 Å². The highest BCUT2D eigenvalue weighted by molar-refractivity contribution is 5.45. The van der Waals surface area contributed by atoms with Crippen LogP contribution in [-0.4, -0.2) is 5.11 Å². The molecule has 0 spiro atoms. The van der Waals surface area contributed by atoms with Gasteiger partial charge in [0.15, 0.2) is 0 Å². The minimum absolute atomic E-state index is 0.0650. The molecule has 1 heteroatoms. The molecule has 6 rings (SSSR count). The highest BCUT2D eigenvalue weighted by Gasteiger charge is 2.54. The van der Waals surface area contributed by atoms with Crippen LogP contribution in [0.2, 0.25) is 0 Å². The first kappa shape index (κ1) is 23.5. The molecule has 182 valence electrons. The largest absolute Gasteiger partial charge is 0.384 e. The summed E-state index contributed by atoms with van der Waals surface area (Å²) in [6.45, 7) is 0. The maximum absolute atomic E-state index is 13.0. The van der Waals surface area contributed by atoms with Gasteiger partial charge in [0.25, 0.3) is 0 Å². The third-order valence-corrected chi connectivity index (χ3v) is 8.25. The zero-order chi connectivity index (χ0) is 25.1. The van der Waals surface area contributed by atoms with E-state index in [9.17, 15) is 5.11 Å². The second-order valence-electron chi connectivity index (χ2n) is 10.3. The molecule has 5 atom stereocenters. The molecule has 0 aromatic heterocycles. The first-order valence-corrected chi connectivity index (χ1v) is 13.2. The van der Waals surface area contributed by atoms with Crippen molar-refractivity contribution in [3.05, 3.63) is 179 Å². The van der Waals surface area contributed by atoms with Gasteiger partial charge in [0.05, 0.1) is 5.60 Å². The van der Waals surface area contributed by atoms with Crippen molar-refractivity contribution in [3.8, 4) is 0 Å². The maximum atomic E-state index is 13.0. The Morgan fingerprint density at radius 1 is 0.432 bits per heavy atom. The van der Waals surface area contributed by atoms with Crippen molar-refractivity contribution < 1.29 is 5.11 Å². The monoisotopic (exact) mass is 480 g/mol. The summed E-state index contributed by atoms with van der Waals surface area (Å²) < 4.78 is 0. The Balaban J connectivity index is 1.66. The Morgan fingerprint density at radius 2 is 0.811 bits per heavy atom. The number of hydrogen-bond acceptors (Lipinski definition) is 1. The molecule has 1 nitrogen and oxygen atoms in total. The van der Waals surface area contributed by atoms with Crippen LogP contribution in [0.4, 0.5) is 0 Å². The van der Waals surface area contributed by atoms with Crippen LogP contribution in [0.1, 0.15) is 57.9 Å². The Hall–Kier alpha value is -3.94. The topological polar surface area (TPSA) is 20.2 Å². The van der Waals surface area contributed by atoms with E-state index in [0.29, 0.717) is 6.42 Å². The smallest absolute Gasteiger partial charge is 0.0976 e. The van der Waals surface area contributed by atoms with Gasteiger partial charge in [-0.15, -0.1) is 0 Å². The van der Waals surface area contributed by atoms with Crippen LogP contribution in [0.25, 0.3) is 0 Å². The van der Waals surface area contributed by atoms with Gasteiger partial charge in [-0.25, -0.2) is 0 Å². The van der Waals surface area contributed by atoms with Gasteiger partial charge in [-0.1, -0.05) is 152 Å². The number of aliphatic hydroxyl groups is 1. The van der Waals surface area contributed by atoms with Crippen molar-refractivity contribution in [3.63, 3.8) is 0 Å². The highest BCUT2D eigenvalue weighted by atomic mass is 16.3. The molecule has 1 aliphatic carbocycles. The fourth-order valence-electron chi connectivity index (χ4n) is 6.73.